The normalized spacial score (nSPS) is 32.5. The molecule has 26 heavy (non-hydrogen) atoms. The van der Waals surface area contributed by atoms with Gasteiger partial charge in [-0.2, -0.15) is 0 Å². The molecule has 0 amide bonds. The molecule has 3 aliphatic carbocycles. The Labute approximate surface area is 156 Å². The van der Waals surface area contributed by atoms with Crippen LogP contribution in [0.4, 0.5) is 5.69 Å². The molecule has 0 aromatic heterocycles. The van der Waals surface area contributed by atoms with Crippen molar-refractivity contribution in [2.45, 2.75) is 49.4 Å². The van der Waals surface area contributed by atoms with Crippen molar-refractivity contribution in [3.8, 4) is 0 Å². The van der Waals surface area contributed by atoms with Gasteiger partial charge in [0.1, 0.15) is 0 Å². The third-order valence-corrected chi connectivity index (χ3v) is 7.91. The number of fused-ring (bicyclic) bond motifs is 3. The van der Waals surface area contributed by atoms with Crippen LogP contribution in [0.2, 0.25) is 0 Å². The summed E-state index contributed by atoms with van der Waals surface area (Å²) in [7, 11) is 0. The van der Waals surface area contributed by atoms with E-state index in [0.717, 1.165) is 11.6 Å². The summed E-state index contributed by atoms with van der Waals surface area (Å²) in [5, 5.41) is 0. The van der Waals surface area contributed by atoms with E-state index in [4.69, 9.17) is 5.73 Å². The highest BCUT2D eigenvalue weighted by atomic mass is 15.2. The standard InChI is InChI=1S/C24H28N2/c25-17-9-10-20-21-12-24(22(20)11-17)15-26(13-16-5-1-2-6-16)14-23(24)19-8-4-3-7-18(19)21/h3-4,7-11,16,21,23H,1-2,5-6,12-15,25H2. The average molecular weight is 345 g/mol. The highest BCUT2D eigenvalue weighted by Crippen LogP contribution is 2.63. The molecular weight excluding hydrogens is 316 g/mol. The Morgan fingerprint density at radius 2 is 1.81 bits per heavy atom. The van der Waals surface area contributed by atoms with Gasteiger partial charge in [0.15, 0.2) is 0 Å². The largest absolute Gasteiger partial charge is 0.399 e. The summed E-state index contributed by atoms with van der Waals surface area (Å²) < 4.78 is 0. The first-order valence-electron chi connectivity index (χ1n) is 10.5. The van der Waals surface area contributed by atoms with E-state index < -0.39 is 0 Å². The van der Waals surface area contributed by atoms with Gasteiger partial charge in [-0.1, -0.05) is 43.2 Å². The third-order valence-electron chi connectivity index (χ3n) is 7.91. The van der Waals surface area contributed by atoms with Crippen molar-refractivity contribution in [3.63, 3.8) is 0 Å². The number of hydrogen-bond donors (Lipinski definition) is 1. The zero-order valence-electron chi connectivity index (χ0n) is 15.5. The van der Waals surface area contributed by atoms with Gasteiger partial charge in [-0.25, -0.2) is 0 Å². The maximum Gasteiger partial charge on any atom is 0.0317 e. The van der Waals surface area contributed by atoms with Crippen molar-refractivity contribution >= 4 is 5.69 Å². The van der Waals surface area contributed by atoms with E-state index in [-0.39, 0.29) is 0 Å². The van der Waals surface area contributed by atoms with Crippen LogP contribution < -0.4 is 5.73 Å². The first-order valence-corrected chi connectivity index (χ1v) is 10.5. The summed E-state index contributed by atoms with van der Waals surface area (Å²) in [6.07, 6.45) is 7.05. The Morgan fingerprint density at radius 3 is 2.65 bits per heavy atom. The van der Waals surface area contributed by atoms with Crippen molar-refractivity contribution in [3.05, 3.63) is 64.7 Å². The lowest BCUT2D eigenvalue weighted by molar-refractivity contribution is 0.260. The van der Waals surface area contributed by atoms with Crippen LogP contribution in [0.3, 0.4) is 0 Å². The predicted octanol–water partition coefficient (Wildman–Crippen LogP) is 4.65. The van der Waals surface area contributed by atoms with Crippen LogP contribution in [0, 0.1) is 5.92 Å². The van der Waals surface area contributed by atoms with Gasteiger partial charge in [0.05, 0.1) is 0 Å². The molecule has 1 saturated heterocycles. The zero-order chi connectivity index (χ0) is 17.3. The molecule has 2 aromatic rings. The van der Waals surface area contributed by atoms with Gasteiger partial charge in [0.2, 0.25) is 0 Å². The van der Waals surface area contributed by atoms with E-state index in [1.54, 1.807) is 22.3 Å². The smallest absolute Gasteiger partial charge is 0.0317 e. The highest BCUT2D eigenvalue weighted by Gasteiger charge is 2.58. The van der Waals surface area contributed by atoms with Crippen LogP contribution in [0.25, 0.3) is 0 Å². The van der Waals surface area contributed by atoms with Crippen LogP contribution >= 0.6 is 0 Å². The van der Waals surface area contributed by atoms with E-state index in [2.05, 4.69) is 47.4 Å². The topological polar surface area (TPSA) is 29.3 Å². The van der Waals surface area contributed by atoms with E-state index in [9.17, 15) is 0 Å². The van der Waals surface area contributed by atoms with Gasteiger partial charge in [-0.15, -0.1) is 0 Å². The fourth-order valence-corrected chi connectivity index (χ4v) is 6.90. The number of nitrogen functional groups attached to an aromatic ring is 1. The molecule has 3 atom stereocenters. The van der Waals surface area contributed by atoms with E-state index in [1.807, 2.05) is 0 Å². The lowest BCUT2D eigenvalue weighted by Crippen LogP contribution is -2.35. The quantitative estimate of drug-likeness (QED) is 0.804. The molecule has 2 bridgehead atoms. The maximum absolute atomic E-state index is 6.25. The molecular formula is C24H28N2. The Hall–Kier alpha value is -1.80. The Bertz CT molecular complexity index is 866. The molecule has 4 aliphatic rings. The molecule has 134 valence electrons. The molecule has 1 aliphatic heterocycles. The fourth-order valence-electron chi connectivity index (χ4n) is 6.90. The molecule has 3 unspecified atom stereocenters. The molecule has 2 heteroatoms. The van der Waals surface area contributed by atoms with Crippen molar-refractivity contribution < 1.29 is 0 Å². The second-order valence-electron chi connectivity index (χ2n) is 9.29. The van der Waals surface area contributed by atoms with Crippen LogP contribution in [-0.2, 0) is 5.41 Å². The van der Waals surface area contributed by atoms with Gasteiger partial charge in [0, 0.05) is 42.6 Å². The van der Waals surface area contributed by atoms with Crippen LogP contribution in [0.15, 0.2) is 42.5 Å². The summed E-state index contributed by atoms with van der Waals surface area (Å²) in [6, 6.07) is 16.0. The Kier molecular flexibility index (Phi) is 3.15. The third kappa shape index (κ3) is 1.97. The van der Waals surface area contributed by atoms with Crippen LogP contribution in [0.1, 0.15) is 66.2 Å². The second kappa shape index (κ2) is 5.36. The molecule has 1 heterocycles. The van der Waals surface area contributed by atoms with Crippen molar-refractivity contribution in [2.75, 3.05) is 25.4 Å². The lowest BCUT2D eigenvalue weighted by atomic mass is 9.65. The fraction of sp³-hybridized carbons (Fsp3) is 0.500. The molecule has 6 rings (SSSR count). The molecule has 2 N–H and O–H groups in total. The first-order chi connectivity index (χ1) is 12.7. The number of anilines is 1. The first kappa shape index (κ1) is 15.3. The molecule has 0 radical (unpaired) electrons. The van der Waals surface area contributed by atoms with Gasteiger partial charge in [-0.05, 0) is 59.6 Å². The number of rotatable bonds is 2. The predicted molar refractivity (Wildman–Crippen MR) is 107 cm³/mol. The van der Waals surface area contributed by atoms with E-state index in [0.29, 0.717) is 17.3 Å². The Balaban J connectivity index is 1.47. The number of hydrogen-bond acceptors (Lipinski definition) is 2. The van der Waals surface area contributed by atoms with Crippen molar-refractivity contribution in [1.82, 2.24) is 4.90 Å². The van der Waals surface area contributed by atoms with Gasteiger partial charge >= 0.3 is 0 Å². The summed E-state index contributed by atoms with van der Waals surface area (Å²) in [6.45, 7) is 3.77. The van der Waals surface area contributed by atoms with Gasteiger partial charge in [-0.3, -0.25) is 0 Å². The van der Waals surface area contributed by atoms with Crippen molar-refractivity contribution in [1.29, 1.82) is 0 Å². The minimum Gasteiger partial charge on any atom is -0.399 e. The monoisotopic (exact) mass is 344 g/mol. The minimum atomic E-state index is 0.294. The summed E-state index contributed by atoms with van der Waals surface area (Å²) in [5.74, 6) is 2.14. The summed E-state index contributed by atoms with van der Waals surface area (Å²) in [4.78, 5) is 2.80. The van der Waals surface area contributed by atoms with Gasteiger partial charge in [0.25, 0.3) is 0 Å². The summed E-state index contributed by atoms with van der Waals surface area (Å²) >= 11 is 0. The van der Waals surface area contributed by atoms with Crippen LogP contribution in [0.5, 0.6) is 0 Å². The van der Waals surface area contributed by atoms with Crippen LogP contribution in [-0.4, -0.2) is 24.5 Å². The number of nitrogens with zero attached hydrogens (tertiary/aromatic N) is 1. The number of nitrogens with two attached hydrogens (primary N) is 1. The molecule has 1 spiro atoms. The highest BCUT2D eigenvalue weighted by molar-refractivity contribution is 5.61. The second-order valence-corrected chi connectivity index (χ2v) is 9.29. The Morgan fingerprint density at radius 1 is 1.00 bits per heavy atom. The van der Waals surface area contributed by atoms with Crippen molar-refractivity contribution in [2.24, 2.45) is 5.92 Å². The van der Waals surface area contributed by atoms with Gasteiger partial charge < -0.3 is 10.6 Å². The molecule has 2 fully saturated rings. The lowest BCUT2D eigenvalue weighted by Gasteiger charge is -2.37. The summed E-state index contributed by atoms with van der Waals surface area (Å²) in [5.41, 5.74) is 13.8. The SMILES string of the molecule is Nc1ccc2c(c1)C13CC2c2ccccc2C1CN(CC1CCCC1)C3. The molecule has 2 nitrogen and oxygen atoms in total. The maximum atomic E-state index is 6.25. The molecule has 2 aromatic carbocycles. The van der Waals surface area contributed by atoms with E-state index >= 15 is 0 Å². The average Bonchev–Trinajstić information content (AvgIpc) is 3.35. The number of benzene rings is 2. The minimum absolute atomic E-state index is 0.294. The van der Waals surface area contributed by atoms with E-state index in [1.165, 1.54) is 51.7 Å². The number of likely N-dealkylation sites (tertiary alicyclic amines) is 1. The molecule has 1 saturated carbocycles. The zero-order valence-corrected chi connectivity index (χ0v) is 15.5.